The van der Waals surface area contributed by atoms with Gasteiger partial charge < -0.3 is 5.11 Å². The average molecular weight is 333 g/mol. The minimum Gasteiger partial charge on any atom is -0.508 e. The van der Waals surface area contributed by atoms with Crippen molar-refractivity contribution in [3.8, 4) is 5.75 Å². The van der Waals surface area contributed by atoms with Crippen LogP contribution in [-0.4, -0.2) is 20.3 Å². The molecule has 0 radical (unpaired) electrons. The lowest BCUT2D eigenvalue weighted by Crippen LogP contribution is -2.07. The third kappa shape index (κ3) is 3.03. The van der Waals surface area contributed by atoms with E-state index in [-0.39, 0.29) is 5.75 Å². The van der Waals surface area contributed by atoms with Gasteiger partial charge in [0.05, 0.1) is 12.1 Å². The molecule has 0 amide bonds. The first-order chi connectivity index (χ1) is 12.2. The molecule has 0 aliphatic rings. The number of H-pyrrole nitrogens is 2. The second-order valence-electron chi connectivity index (χ2n) is 5.80. The highest BCUT2D eigenvalue weighted by Gasteiger charge is 2.13. The molecular weight excluding hydrogens is 316 g/mol. The van der Waals surface area contributed by atoms with Gasteiger partial charge >= 0.3 is 5.95 Å². The molecule has 124 valence electrons. The maximum atomic E-state index is 9.27. The molecule has 3 N–H and O–H groups in total. The lowest BCUT2D eigenvalue weighted by Gasteiger charge is -1.94. The number of aryl methyl sites for hydroxylation is 1. The minimum atomic E-state index is 0.232. The van der Waals surface area contributed by atoms with Crippen molar-refractivity contribution in [2.24, 2.45) is 10.2 Å². The number of fused-ring (bicyclic) bond motifs is 3. The molecule has 4 aromatic rings. The first kappa shape index (κ1) is 15.2. The van der Waals surface area contributed by atoms with Gasteiger partial charge in [-0.2, -0.15) is 0 Å². The van der Waals surface area contributed by atoms with Gasteiger partial charge in [-0.25, -0.2) is 4.98 Å². The highest BCUT2D eigenvalue weighted by molar-refractivity contribution is 6.02. The molecule has 0 saturated heterocycles. The maximum Gasteiger partial charge on any atom is 0.425 e. The monoisotopic (exact) mass is 333 g/mol. The van der Waals surface area contributed by atoms with Crippen LogP contribution in [0.2, 0.25) is 0 Å². The molecule has 0 aliphatic heterocycles. The number of phenols is 1. The van der Waals surface area contributed by atoms with Crippen molar-refractivity contribution in [1.29, 1.82) is 0 Å². The Morgan fingerprint density at radius 1 is 1.08 bits per heavy atom. The Balaban J connectivity index is 1.61. The van der Waals surface area contributed by atoms with Crippen LogP contribution >= 0.6 is 0 Å². The van der Waals surface area contributed by atoms with E-state index in [0.29, 0.717) is 12.5 Å². The number of hydrogen-bond donors (Lipinski definition) is 2. The fourth-order valence-electron chi connectivity index (χ4n) is 2.70. The summed E-state index contributed by atoms with van der Waals surface area (Å²) >= 11 is 0. The SMILES string of the molecule is CCc1ccc2[nH]c3[nH+]c(N=NCc4ccc(O)cc4)nnc3c2c1. The first-order valence-electron chi connectivity index (χ1n) is 8.08. The molecule has 7 heteroatoms. The molecule has 0 bridgehead atoms. The van der Waals surface area contributed by atoms with Crippen molar-refractivity contribution in [3.63, 3.8) is 0 Å². The summed E-state index contributed by atoms with van der Waals surface area (Å²) < 4.78 is 0. The number of aromatic hydroxyl groups is 1. The van der Waals surface area contributed by atoms with Gasteiger partial charge in [0.15, 0.2) is 5.52 Å². The number of aromatic amines is 2. The third-order valence-corrected chi connectivity index (χ3v) is 4.08. The van der Waals surface area contributed by atoms with Crippen LogP contribution in [0.5, 0.6) is 5.75 Å². The molecule has 0 atom stereocenters. The molecule has 0 spiro atoms. The zero-order chi connectivity index (χ0) is 17.2. The Kier molecular flexibility index (Phi) is 3.81. The van der Waals surface area contributed by atoms with Gasteiger partial charge in [0, 0.05) is 15.6 Å². The Morgan fingerprint density at radius 3 is 2.68 bits per heavy atom. The fourth-order valence-corrected chi connectivity index (χ4v) is 2.70. The van der Waals surface area contributed by atoms with Crippen molar-refractivity contribution in [1.82, 2.24) is 15.2 Å². The van der Waals surface area contributed by atoms with Gasteiger partial charge in [-0.1, -0.05) is 30.2 Å². The van der Waals surface area contributed by atoms with Crippen LogP contribution in [-0.2, 0) is 13.0 Å². The van der Waals surface area contributed by atoms with Crippen LogP contribution in [0.4, 0.5) is 5.95 Å². The Labute approximate surface area is 143 Å². The highest BCUT2D eigenvalue weighted by Crippen LogP contribution is 2.22. The normalized spacial score (nSPS) is 11.7. The van der Waals surface area contributed by atoms with Crippen molar-refractivity contribution in [2.75, 3.05) is 0 Å². The van der Waals surface area contributed by atoms with Gasteiger partial charge in [0.1, 0.15) is 5.75 Å². The number of aromatic nitrogens is 4. The van der Waals surface area contributed by atoms with Crippen LogP contribution < -0.4 is 4.98 Å². The van der Waals surface area contributed by atoms with E-state index in [1.165, 1.54) is 5.56 Å². The molecule has 4 rings (SSSR count). The number of azo groups is 1. The molecule has 2 aromatic carbocycles. The summed E-state index contributed by atoms with van der Waals surface area (Å²) in [5.74, 6) is 0.573. The molecule has 0 fully saturated rings. The van der Waals surface area contributed by atoms with Crippen LogP contribution in [0.25, 0.3) is 22.1 Å². The number of benzene rings is 2. The summed E-state index contributed by atoms with van der Waals surface area (Å²) in [4.78, 5) is 6.42. The molecule has 2 aromatic heterocycles. The summed E-state index contributed by atoms with van der Waals surface area (Å²) in [5.41, 5.74) is 4.79. The molecule has 25 heavy (non-hydrogen) atoms. The third-order valence-electron chi connectivity index (χ3n) is 4.08. The van der Waals surface area contributed by atoms with Gasteiger partial charge in [0.25, 0.3) is 0 Å². The minimum absolute atomic E-state index is 0.232. The molecule has 7 nitrogen and oxygen atoms in total. The van der Waals surface area contributed by atoms with E-state index in [1.54, 1.807) is 24.3 Å². The summed E-state index contributed by atoms with van der Waals surface area (Å²) in [5, 5.41) is 26.9. The van der Waals surface area contributed by atoms with Gasteiger partial charge in [0.2, 0.25) is 5.65 Å². The van der Waals surface area contributed by atoms with Crippen LogP contribution in [0, 0.1) is 0 Å². The zero-order valence-electron chi connectivity index (χ0n) is 13.7. The van der Waals surface area contributed by atoms with Gasteiger partial charge in [-0.3, -0.25) is 4.98 Å². The maximum absolute atomic E-state index is 9.27. The number of rotatable bonds is 4. The molecule has 0 saturated carbocycles. The second kappa shape index (κ2) is 6.27. The lowest BCUT2D eigenvalue weighted by atomic mass is 10.1. The van der Waals surface area contributed by atoms with E-state index >= 15 is 0 Å². The topological polar surface area (TPSA) is 101 Å². The number of nitrogens with zero attached hydrogens (tertiary/aromatic N) is 4. The summed E-state index contributed by atoms with van der Waals surface area (Å²) in [6.45, 7) is 2.53. The van der Waals surface area contributed by atoms with Gasteiger partial charge in [-0.05, 0) is 41.8 Å². The smallest absolute Gasteiger partial charge is 0.425 e. The van der Waals surface area contributed by atoms with E-state index in [2.05, 4.69) is 55.5 Å². The standard InChI is InChI=1S/C18H16N6O/c1-2-11-5-8-15-14(9-11)16-17(20-15)21-18(24-22-16)23-19-10-12-3-6-13(25)7-4-12/h3-9,25H,2,10H2,1H3,(H,20,21,24)/p+1. The number of phenolic OH excluding ortho intramolecular Hbond substituents is 1. The summed E-state index contributed by atoms with van der Waals surface area (Å²) in [6.07, 6.45) is 0.976. The van der Waals surface area contributed by atoms with Crippen LogP contribution in [0.15, 0.2) is 52.7 Å². The summed E-state index contributed by atoms with van der Waals surface area (Å²) in [6, 6.07) is 13.1. The van der Waals surface area contributed by atoms with Crippen LogP contribution in [0.1, 0.15) is 18.1 Å². The van der Waals surface area contributed by atoms with Crippen molar-refractivity contribution in [3.05, 3.63) is 53.6 Å². The molecular formula is C18H17N6O+. The predicted molar refractivity (Wildman–Crippen MR) is 93.7 cm³/mol. The van der Waals surface area contributed by atoms with E-state index in [1.807, 2.05) is 0 Å². The van der Waals surface area contributed by atoms with Crippen molar-refractivity contribution in [2.45, 2.75) is 19.9 Å². The van der Waals surface area contributed by atoms with Crippen molar-refractivity contribution >= 4 is 28.0 Å². The predicted octanol–water partition coefficient (Wildman–Crippen LogP) is 3.48. The zero-order valence-corrected chi connectivity index (χ0v) is 13.7. The van der Waals surface area contributed by atoms with E-state index in [0.717, 1.165) is 34.1 Å². The quantitative estimate of drug-likeness (QED) is 0.559. The van der Waals surface area contributed by atoms with Crippen LogP contribution in [0.3, 0.4) is 0 Å². The molecule has 2 heterocycles. The molecule has 0 unspecified atom stereocenters. The average Bonchev–Trinajstić information content (AvgIpc) is 3.00. The lowest BCUT2D eigenvalue weighted by molar-refractivity contribution is -0.337. The number of nitrogens with one attached hydrogen (secondary N) is 2. The largest absolute Gasteiger partial charge is 0.508 e. The van der Waals surface area contributed by atoms with E-state index in [9.17, 15) is 5.11 Å². The van der Waals surface area contributed by atoms with Gasteiger partial charge in [-0.15, -0.1) is 5.11 Å². The Morgan fingerprint density at radius 2 is 1.88 bits per heavy atom. The van der Waals surface area contributed by atoms with E-state index < -0.39 is 0 Å². The van der Waals surface area contributed by atoms with E-state index in [4.69, 9.17) is 0 Å². The Bertz CT molecular complexity index is 1070. The highest BCUT2D eigenvalue weighted by atomic mass is 16.3. The first-order valence-corrected chi connectivity index (χ1v) is 8.08. The number of hydrogen-bond acceptors (Lipinski definition) is 5. The molecule has 0 aliphatic carbocycles. The van der Waals surface area contributed by atoms with Crippen molar-refractivity contribution < 1.29 is 10.1 Å². The fraction of sp³-hybridized carbons (Fsp3) is 0.167. The Hall–Kier alpha value is -3.35. The summed E-state index contributed by atoms with van der Waals surface area (Å²) in [7, 11) is 0. The second-order valence-corrected chi connectivity index (χ2v) is 5.80.